The van der Waals surface area contributed by atoms with Gasteiger partial charge in [0.1, 0.15) is 5.82 Å². The van der Waals surface area contributed by atoms with E-state index in [1.165, 1.54) is 68.1 Å². The molecule has 2 aliphatic rings. The minimum Gasteiger partial charge on any atom is -0.335 e. The molecule has 0 saturated carbocycles. The van der Waals surface area contributed by atoms with Crippen molar-refractivity contribution in [3.05, 3.63) is 17.7 Å². The second kappa shape index (κ2) is 4.82. The maximum atomic E-state index is 4.80. The molecule has 1 aromatic rings. The van der Waals surface area contributed by atoms with Crippen molar-refractivity contribution < 1.29 is 0 Å². The predicted molar refractivity (Wildman–Crippen MR) is 68.9 cm³/mol. The summed E-state index contributed by atoms with van der Waals surface area (Å²) < 4.78 is 2.39. The Morgan fingerprint density at radius 1 is 1.31 bits per heavy atom. The molecule has 0 N–H and O–H groups in total. The monoisotopic (exact) mass is 236 g/mol. The van der Waals surface area contributed by atoms with E-state index in [9.17, 15) is 0 Å². The Bertz CT molecular complexity index is 329. The molecule has 16 heavy (non-hydrogen) atoms. The molecule has 2 nitrogen and oxygen atoms in total. The molecule has 0 aromatic carbocycles. The highest BCUT2D eigenvalue weighted by Crippen LogP contribution is 2.26. The number of nitrogens with zero attached hydrogens (tertiary/aromatic N) is 2. The topological polar surface area (TPSA) is 17.8 Å². The highest BCUT2D eigenvalue weighted by atomic mass is 32.2. The zero-order chi connectivity index (χ0) is 10.8. The number of aromatic nitrogens is 2. The van der Waals surface area contributed by atoms with Gasteiger partial charge in [-0.3, -0.25) is 0 Å². The SMILES string of the molecule is c1c(CC2CCSCC2)nc2n1CCCC2. The van der Waals surface area contributed by atoms with Crippen LogP contribution in [-0.2, 0) is 19.4 Å². The zero-order valence-electron chi connectivity index (χ0n) is 9.82. The fourth-order valence-corrected chi connectivity index (χ4v) is 4.02. The summed E-state index contributed by atoms with van der Waals surface area (Å²) in [7, 11) is 0. The van der Waals surface area contributed by atoms with E-state index in [0.29, 0.717) is 0 Å². The molecule has 0 aliphatic carbocycles. The van der Waals surface area contributed by atoms with Gasteiger partial charge in [0.15, 0.2) is 0 Å². The lowest BCUT2D eigenvalue weighted by Gasteiger charge is -2.19. The molecule has 88 valence electrons. The fourth-order valence-electron chi connectivity index (χ4n) is 2.82. The predicted octanol–water partition coefficient (Wildman–Crippen LogP) is 2.91. The minimum absolute atomic E-state index is 0.901. The maximum absolute atomic E-state index is 4.80. The van der Waals surface area contributed by atoms with Crippen molar-refractivity contribution in [2.24, 2.45) is 5.92 Å². The van der Waals surface area contributed by atoms with Crippen molar-refractivity contribution in [3.8, 4) is 0 Å². The first-order chi connectivity index (χ1) is 7.92. The Hall–Kier alpha value is -0.440. The zero-order valence-corrected chi connectivity index (χ0v) is 10.6. The van der Waals surface area contributed by atoms with Crippen LogP contribution in [0.15, 0.2) is 6.20 Å². The molecule has 3 heteroatoms. The van der Waals surface area contributed by atoms with Gasteiger partial charge >= 0.3 is 0 Å². The van der Waals surface area contributed by atoms with Gasteiger partial charge in [0.05, 0.1) is 5.69 Å². The quantitative estimate of drug-likeness (QED) is 0.786. The van der Waals surface area contributed by atoms with Crippen LogP contribution in [-0.4, -0.2) is 21.1 Å². The molecule has 0 bridgehead atoms. The molecular weight excluding hydrogens is 216 g/mol. The minimum atomic E-state index is 0.901. The Morgan fingerprint density at radius 3 is 3.00 bits per heavy atom. The van der Waals surface area contributed by atoms with Crippen molar-refractivity contribution in [2.75, 3.05) is 11.5 Å². The van der Waals surface area contributed by atoms with Crippen LogP contribution in [0, 0.1) is 5.92 Å². The van der Waals surface area contributed by atoms with Crippen molar-refractivity contribution in [3.63, 3.8) is 0 Å². The lowest BCUT2D eigenvalue weighted by Crippen LogP contribution is -2.12. The molecule has 3 heterocycles. The van der Waals surface area contributed by atoms with Crippen LogP contribution in [0.25, 0.3) is 0 Å². The van der Waals surface area contributed by atoms with E-state index in [4.69, 9.17) is 4.98 Å². The van der Waals surface area contributed by atoms with E-state index in [1.807, 2.05) is 0 Å². The van der Waals surface area contributed by atoms with Gasteiger partial charge in [0, 0.05) is 19.2 Å². The van der Waals surface area contributed by atoms with E-state index in [2.05, 4.69) is 22.5 Å². The van der Waals surface area contributed by atoms with Gasteiger partial charge in [0.2, 0.25) is 0 Å². The van der Waals surface area contributed by atoms with Gasteiger partial charge in [0.25, 0.3) is 0 Å². The molecule has 1 saturated heterocycles. The molecule has 1 fully saturated rings. The van der Waals surface area contributed by atoms with Crippen molar-refractivity contribution >= 4 is 11.8 Å². The molecule has 0 amide bonds. The van der Waals surface area contributed by atoms with Crippen molar-refractivity contribution in [1.82, 2.24) is 9.55 Å². The van der Waals surface area contributed by atoms with Gasteiger partial charge in [-0.05, 0) is 49.5 Å². The highest BCUT2D eigenvalue weighted by Gasteiger charge is 2.17. The second-order valence-corrected chi connectivity index (χ2v) is 6.28. The van der Waals surface area contributed by atoms with Crippen LogP contribution in [0.2, 0.25) is 0 Å². The Labute approximate surface area is 102 Å². The van der Waals surface area contributed by atoms with Crippen LogP contribution in [0.3, 0.4) is 0 Å². The lowest BCUT2D eigenvalue weighted by atomic mass is 9.97. The van der Waals surface area contributed by atoms with Gasteiger partial charge in [-0.25, -0.2) is 4.98 Å². The number of hydrogen-bond acceptors (Lipinski definition) is 2. The van der Waals surface area contributed by atoms with E-state index in [1.54, 1.807) is 0 Å². The van der Waals surface area contributed by atoms with E-state index in [-0.39, 0.29) is 0 Å². The number of rotatable bonds is 2. The van der Waals surface area contributed by atoms with E-state index < -0.39 is 0 Å². The Kier molecular flexibility index (Phi) is 3.22. The summed E-state index contributed by atoms with van der Waals surface area (Å²) in [6.45, 7) is 1.20. The number of aryl methyl sites for hydroxylation is 2. The van der Waals surface area contributed by atoms with Crippen LogP contribution in [0.4, 0.5) is 0 Å². The van der Waals surface area contributed by atoms with Crippen LogP contribution >= 0.6 is 11.8 Å². The van der Waals surface area contributed by atoms with Crippen LogP contribution in [0.1, 0.15) is 37.2 Å². The molecular formula is C13H20N2S. The van der Waals surface area contributed by atoms with Crippen molar-refractivity contribution in [1.29, 1.82) is 0 Å². The van der Waals surface area contributed by atoms with E-state index >= 15 is 0 Å². The van der Waals surface area contributed by atoms with Crippen LogP contribution < -0.4 is 0 Å². The highest BCUT2D eigenvalue weighted by molar-refractivity contribution is 7.99. The first-order valence-electron chi connectivity index (χ1n) is 6.54. The fraction of sp³-hybridized carbons (Fsp3) is 0.769. The normalized spacial score (nSPS) is 22.0. The third kappa shape index (κ3) is 2.29. The third-order valence-corrected chi connectivity index (χ3v) is 4.85. The summed E-state index contributed by atoms with van der Waals surface area (Å²) in [5.41, 5.74) is 1.36. The van der Waals surface area contributed by atoms with Gasteiger partial charge in [-0.2, -0.15) is 11.8 Å². The number of imidazole rings is 1. The average Bonchev–Trinajstić information content (AvgIpc) is 2.72. The van der Waals surface area contributed by atoms with E-state index in [0.717, 1.165) is 5.92 Å². The standard InChI is InChI=1S/C13H20N2S/c1-2-6-15-10-12(14-13(15)3-1)9-11-4-7-16-8-5-11/h10-11H,1-9H2. The summed E-state index contributed by atoms with van der Waals surface area (Å²) >= 11 is 2.11. The molecule has 0 spiro atoms. The van der Waals surface area contributed by atoms with Gasteiger partial charge < -0.3 is 4.57 Å². The molecule has 0 atom stereocenters. The number of hydrogen-bond donors (Lipinski definition) is 0. The van der Waals surface area contributed by atoms with Crippen molar-refractivity contribution in [2.45, 2.75) is 45.1 Å². The Balaban J connectivity index is 1.67. The smallest absolute Gasteiger partial charge is 0.108 e. The summed E-state index contributed by atoms with van der Waals surface area (Å²) in [5.74, 6) is 4.96. The summed E-state index contributed by atoms with van der Waals surface area (Å²) in [5, 5.41) is 0. The summed E-state index contributed by atoms with van der Waals surface area (Å²) in [4.78, 5) is 4.80. The Morgan fingerprint density at radius 2 is 2.19 bits per heavy atom. The molecule has 1 aromatic heterocycles. The number of thioether (sulfide) groups is 1. The summed E-state index contributed by atoms with van der Waals surface area (Å²) in [6.07, 6.45) is 10.2. The van der Waals surface area contributed by atoms with Gasteiger partial charge in [-0.1, -0.05) is 0 Å². The molecule has 0 unspecified atom stereocenters. The summed E-state index contributed by atoms with van der Waals surface area (Å²) in [6, 6.07) is 0. The second-order valence-electron chi connectivity index (χ2n) is 5.06. The van der Waals surface area contributed by atoms with Crippen LogP contribution in [0.5, 0.6) is 0 Å². The molecule has 3 rings (SSSR count). The average molecular weight is 236 g/mol. The largest absolute Gasteiger partial charge is 0.335 e. The first-order valence-corrected chi connectivity index (χ1v) is 7.70. The molecule has 2 aliphatic heterocycles. The maximum Gasteiger partial charge on any atom is 0.108 e. The number of fused-ring (bicyclic) bond motifs is 1. The third-order valence-electron chi connectivity index (χ3n) is 3.80. The first kappa shape index (κ1) is 10.7. The molecule has 0 radical (unpaired) electrons. The van der Waals surface area contributed by atoms with Gasteiger partial charge in [-0.15, -0.1) is 0 Å². The lowest BCUT2D eigenvalue weighted by molar-refractivity contribution is 0.483.